The van der Waals surface area contributed by atoms with Crippen LogP contribution in [0.25, 0.3) is 0 Å². The molecule has 1 saturated heterocycles. The highest BCUT2D eigenvalue weighted by Gasteiger charge is 2.34. The summed E-state index contributed by atoms with van der Waals surface area (Å²) in [5, 5.41) is 9.08. The molecule has 22 heavy (non-hydrogen) atoms. The van der Waals surface area contributed by atoms with Crippen molar-refractivity contribution in [2.24, 2.45) is 5.92 Å². The van der Waals surface area contributed by atoms with Crippen LogP contribution in [0.4, 0.5) is 4.79 Å². The first-order valence-electron chi connectivity index (χ1n) is 7.09. The third-order valence-corrected chi connectivity index (χ3v) is 3.78. The van der Waals surface area contributed by atoms with Crippen LogP contribution in [-0.4, -0.2) is 36.3 Å². The Morgan fingerprint density at radius 3 is 2.73 bits per heavy atom. The molecule has 6 heteroatoms. The molecule has 118 valence electrons. The zero-order chi connectivity index (χ0) is 16.3. The van der Waals surface area contributed by atoms with Gasteiger partial charge in [-0.15, -0.1) is 0 Å². The molecule has 0 N–H and O–H groups in total. The third-order valence-electron chi connectivity index (χ3n) is 3.16. The Balaban J connectivity index is 1.82. The first kappa shape index (κ1) is 16.6. The van der Waals surface area contributed by atoms with E-state index in [2.05, 4.69) is 22.0 Å². The molecule has 1 aliphatic rings. The Hall–Kier alpha value is -1.74. The van der Waals surface area contributed by atoms with Crippen molar-refractivity contribution in [2.45, 2.75) is 26.4 Å². The molecule has 0 spiro atoms. The number of nitriles is 1. The van der Waals surface area contributed by atoms with Gasteiger partial charge in [0.05, 0.1) is 16.6 Å². The molecule has 1 aromatic carbocycles. The lowest BCUT2D eigenvalue weighted by molar-refractivity contribution is -0.00787. The molecule has 5 nitrogen and oxygen atoms in total. The van der Waals surface area contributed by atoms with E-state index in [-0.39, 0.29) is 12.0 Å². The highest BCUT2D eigenvalue weighted by molar-refractivity contribution is 9.10. The van der Waals surface area contributed by atoms with Gasteiger partial charge >= 0.3 is 6.09 Å². The van der Waals surface area contributed by atoms with Crippen molar-refractivity contribution >= 4 is 22.0 Å². The van der Waals surface area contributed by atoms with Crippen molar-refractivity contribution in [1.82, 2.24) is 4.90 Å². The Morgan fingerprint density at radius 2 is 2.14 bits per heavy atom. The summed E-state index contributed by atoms with van der Waals surface area (Å²) < 4.78 is 11.8. The molecule has 1 fully saturated rings. The number of halogens is 1. The van der Waals surface area contributed by atoms with Crippen molar-refractivity contribution in [3.8, 4) is 11.8 Å². The van der Waals surface area contributed by atoms with Crippen LogP contribution in [0.1, 0.15) is 26.3 Å². The number of para-hydroxylation sites is 1. The third kappa shape index (κ3) is 4.14. The zero-order valence-corrected chi connectivity index (χ0v) is 14.5. The van der Waals surface area contributed by atoms with Crippen molar-refractivity contribution in [3.63, 3.8) is 0 Å². The maximum absolute atomic E-state index is 11.8. The standard InChI is InChI=1S/C16H19BrN2O3/c1-16(2,3)22-15(20)19-8-11(9-19)10-21-14-12(7-18)5-4-6-13(14)17/h4-6,11H,8-10H2,1-3H3. The van der Waals surface area contributed by atoms with Crippen LogP contribution < -0.4 is 4.74 Å². The van der Waals surface area contributed by atoms with Crippen molar-refractivity contribution in [1.29, 1.82) is 5.26 Å². The van der Waals surface area contributed by atoms with Crippen LogP contribution in [0.3, 0.4) is 0 Å². The Kier molecular flexibility index (Phi) is 4.97. The minimum Gasteiger partial charge on any atom is -0.491 e. The maximum atomic E-state index is 11.8. The molecule has 0 aliphatic carbocycles. The molecule has 0 saturated carbocycles. The van der Waals surface area contributed by atoms with Crippen LogP contribution in [0.5, 0.6) is 5.75 Å². The topological polar surface area (TPSA) is 62.6 Å². The summed E-state index contributed by atoms with van der Waals surface area (Å²) >= 11 is 3.39. The van der Waals surface area contributed by atoms with Gasteiger partial charge in [0.15, 0.2) is 5.75 Å². The molecule has 1 aromatic rings. The first-order valence-corrected chi connectivity index (χ1v) is 7.89. The summed E-state index contributed by atoms with van der Waals surface area (Å²) in [6, 6.07) is 7.46. The van der Waals surface area contributed by atoms with Gasteiger partial charge in [-0.25, -0.2) is 4.79 Å². The monoisotopic (exact) mass is 366 g/mol. The zero-order valence-electron chi connectivity index (χ0n) is 12.9. The van der Waals surface area contributed by atoms with Crippen LogP contribution in [-0.2, 0) is 4.74 Å². The highest BCUT2D eigenvalue weighted by atomic mass is 79.9. The van der Waals surface area contributed by atoms with Gasteiger partial charge in [0.2, 0.25) is 0 Å². The predicted octanol–water partition coefficient (Wildman–Crippen LogP) is 3.57. The largest absolute Gasteiger partial charge is 0.491 e. The number of nitrogens with zero attached hydrogens (tertiary/aromatic N) is 2. The molecule has 2 rings (SSSR count). The Morgan fingerprint density at radius 1 is 1.45 bits per heavy atom. The van der Waals surface area contributed by atoms with E-state index >= 15 is 0 Å². The van der Waals surface area contributed by atoms with Gasteiger partial charge in [-0.2, -0.15) is 5.26 Å². The van der Waals surface area contributed by atoms with Gasteiger partial charge in [0.1, 0.15) is 11.7 Å². The average molecular weight is 367 g/mol. The number of benzene rings is 1. The van der Waals surface area contributed by atoms with Gasteiger partial charge in [-0.3, -0.25) is 0 Å². The van der Waals surface area contributed by atoms with Crippen molar-refractivity contribution in [3.05, 3.63) is 28.2 Å². The Bertz CT molecular complexity index is 598. The van der Waals surface area contributed by atoms with Crippen LogP contribution in [0.15, 0.2) is 22.7 Å². The lowest BCUT2D eigenvalue weighted by Gasteiger charge is -2.39. The van der Waals surface area contributed by atoms with Gasteiger partial charge in [0.25, 0.3) is 0 Å². The van der Waals surface area contributed by atoms with Gasteiger partial charge < -0.3 is 14.4 Å². The quantitative estimate of drug-likeness (QED) is 0.820. The number of hydrogen-bond donors (Lipinski definition) is 0. The number of rotatable bonds is 3. The number of ether oxygens (including phenoxy) is 2. The second kappa shape index (κ2) is 6.57. The van der Waals surface area contributed by atoms with Gasteiger partial charge in [0, 0.05) is 19.0 Å². The molecule has 0 radical (unpaired) electrons. The van der Waals surface area contributed by atoms with E-state index in [0.717, 1.165) is 4.47 Å². The van der Waals surface area contributed by atoms with Crippen LogP contribution in [0.2, 0.25) is 0 Å². The van der Waals surface area contributed by atoms with Crippen LogP contribution >= 0.6 is 15.9 Å². The second-order valence-corrected chi connectivity index (χ2v) is 7.15. The van der Waals surface area contributed by atoms with Crippen molar-refractivity contribution < 1.29 is 14.3 Å². The maximum Gasteiger partial charge on any atom is 0.410 e. The summed E-state index contributed by atoms with van der Waals surface area (Å²) in [7, 11) is 0. The molecule has 0 bridgehead atoms. The second-order valence-electron chi connectivity index (χ2n) is 6.29. The van der Waals surface area contributed by atoms with E-state index in [0.29, 0.717) is 31.0 Å². The van der Waals surface area contributed by atoms with Crippen molar-refractivity contribution in [2.75, 3.05) is 19.7 Å². The predicted molar refractivity (Wildman–Crippen MR) is 85.6 cm³/mol. The average Bonchev–Trinajstić information content (AvgIpc) is 2.36. The highest BCUT2D eigenvalue weighted by Crippen LogP contribution is 2.30. The summed E-state index contributed by atoms with van der Waals surface area (Å²) in [5.41, 5.74) is 0.0210. The normalized spacial score (nSPS) is 15.0. The first-order chi connectivity index (χ1) is 10.3. The SMILES string of the molecule is CC(C)(C)OC(=O)N1CC(COc2c(Br)cccc2C#N)C1. The molecule has 1 aliphatic heterocycles. The molecular weight excluding hydrogens is 348 g/mol. The van der Waals surface area contributed by atoms with E-state index in [9.17, 15) is 4.79 Å². The smallest absolute Gasteiger partial charge is 0.410 e. The minimum atomic E-state index is -0.477. The summed E-state index contributed by atoms with van der Waals surface area (Å²) in [5.74, 6) is 0.812. The fourth-order valence-corrected chi connectivity index (χ4v) is 2.58. The van der Waals surface area contributed by atoms with Gasteiger partial charge in [-0.1, -0.05) is 6.07 Å². The summed E-state index contributed by atoms with van der Waals surface area (Å²) in [6.45, 7) is 7.24. The molecule has 0 atom stereocenters. The summed E-state index contributed by atoms with van der Waals surface area (Å²) in [4.78, 5) is 13.5. The molecule has 1 amide bonds. The molecule has 0 unspecified atom stereocenters. The van der Waals surface area contributed by atoms with E-state index in [4.69, 9.17) is 14.7 Å². The number of amides is 1. The Labute approximate surface area is 138 Å². The van der Waals surface area contributed by atoms with E-state index < -0.39 is 5.60 Å². The molecular formula is C16H19BrN2O3. The van der Waals surface area contributed by atoms with E-state index in [1.807, 2.05) is 26.8 Å². The lowest BCUT2D eigenvalue weighted by Crippen LogP contribution is -2.53. The molecule has 0 aromatic heterocycles. The fraction of sp³-hybridized carbons (Fsp3) is 0.500. The van der Waals surface area contributed by atoms with E-state index in [1.165, 1.54) is 0 Å². The number of carbonyl (C=O) groups excluding carboxylic acids is 1. The number of likely N-dealkylation sites (tertiary alicyclic amines) is 1. The number of carbonyl (C=O) groups is 1. The summed E-state index contributed by atoms with van der Waals surface area (Å²) in [6.07, 6.45) is -0.289. The fourth-order valence-electron chi connectivity index (χ4n) is 2.10. The number of hydrogen-bond acceptors (Lipinski definition) is 4. The van der Waals surface area contributed by atoms with E-state index in [1.54, 1.807) is 17.0 Å². The lowest BCUT2D eigenvalue weighted by atomic mass is 10.0. The van der Waals surface area contributed by atoms with Gasteiger partial charge in [-0.05, 0) is 48.8 Å². The minimum absolute atomic E-state index is 0.256. The molecule has 1 heterocycles. The van der Waals surface area contributed by atoms with Crippen LogP contribution in [0, 0.1) is 17.2 Å².